The summed E-state index contributed by atoms with van der Waals surface area (Å²) in [6, 6.07) is 6.46. The molecular formula is C21H24FN5O. The molecule has 0 amide bonds. The number of benzene rings is 1. The molecule has 1 aliphatic rings. The Morgan fingerprint density at radius 1 is 1.21 bits per heavy atom. The van der Waals surface area contributed by atoms with Crippen molar-refractivity contribution in [2.75, 3.05) is 12.4 Å². The molecule has 1 aliphatic carbocycles. The van der Waals surface area contributed by atoms with E-state index in [1.165, 1.54) is 6.07 Å². The molecule has 0 atom stereocenters. The van der Waals surface area contributed by atoms with Gasteiger partial charge in [-0.3, -0.25) is 9.36 Å². The first-order valence-electron chi connectivity index (χ1n) is 9.64. The van der Waals surface area contributed by atoms with E-state index in [1.54, 1.807) is 29.8 Å². The van der Waals surface area contributed by atoms with Gasteiger partial charge in [-0.05, 0) is 43.5 Å². The summed E-state index contributed by atoms with van der Waals surface area (Å²) in [7, 11) is 1.75. The molecule has 1 aromatic carbocycles. The zero-order valence-electron chi connectivity index (χ0n) is 16.1. The van der Waals surface area contributed by atoms with Gasteiger partial charge in [0.25, 0.3) is 5.56 Å². The number of rotatable bonds is 4. The molecule has 0 spiro atoms. The summed E-state index contributed by atoms with van der Waals surface area (Å²) >= 11 is 0. The van der Waals surface area contributed by atoms with Crippen LogP contribution in [0.2, 0.25) is 0 Å². The number of nitrogens with two attached hydrogens (primary N) is 1. The van der Waals surface area contributed by atoms with E-state index in [-0.39, 0.29) is 23.7 Å². The number of hydrogen-bond donors (Lipinski definition) is 2. The van der Waals surface area contributed by atoms with Crippen LogP contribution in [0.15, 0.2) is 29.1 Å². The topological polar surface area (TPSA) is 85.8 Å². The number of aromatic nitrogens is 3. The SMILES string of the molecule is CNc1nc(C)c2cc(-c3cc(CN)ccc3F)c(=O)n(C3CCCC3)c2n1. The van der Waals surface area contributed by atoms with Crippen LogP contribution in [0.5, 0.6) is 0 Å². The molecule has 0 bridgehead atoms. The fourth-order valence-electron chi connectivity index (χ4n) is 4.06. The Morgan fingerprint density at radius 3 is 2.64 bits per heavy atom. The van der Waals surface area contributed by atoms with E-state index in [0.29, 0.717) is 17.2 Å². The van der Waals surface area contributed by atoms with Gasteiger partial charge in [-0.1, -0.05) is 18.9 Å². The summed E-state index contributed by atoms with van der Waals surface area (Å²) < 4.78 is 16.4. The minimum Gasteiger partial charge on any atom is -0.357 e. The molecule has 2 aromatic heterocycles. The maximum atomic E-state index is 14.7. The van der Waals surface area contributed by atoms with Crippen molar-refractivity contribution in [3.63, 3.8) is 0 Å². The van der Waals surface area contributed by atoms with Crippen molar-refractivity contribution < 1.29 is 4.39 Å². The van der Waals surface area contributed by atoms with Crippen LogP contribution < -0.4 is 16.6 Å². The molecule has 7 heteroatoms. The fraction of sp³-hybridized carbons (Fsp3) is 0.381. The Kier molecular flexibility index (Phi) is 4.85. The third-order valence-corrected chi connectivity index (χ3v) is 5.55. The van der Waals surface area contributed by atoms with Gasteiger partial charge in [0, 0.05) is 30.6 Å². The van der Waals surface area contributed by atoms with E-state index in [9.17, 15) is 9.18 Å². The van der Waals surface area contributed by atoms with Gasteiger partial charge in [0.2, 0.25) is 5.95 Å². The first-order chi connectivity index (χ1) is 13.5. The third kappa shape index (κ3) is 3.05. The van der Waals surface area contributed by atoms with Crippen LogP contribution >= 0.6 is 0 Å². The average molecular weight is 381 g/mol. The molecule has 0 unspecified atom stereocenters. The molecule has 1 fully saturated rings. The number of halogens is 1. The van der Waals surface area contributed by atoms with Crippen molar-refractivity contribution in [1.29, 1.82) is 0 Å². The van der Waals surface area contributed by atoms with E-state index < -0.39 is 5.82 Å². The molecule has 0 aliphatic heterocycles. The maximum Gasteiger partial charge on any atom is 0.260 e. The van der Waals surface area contributed by atoms with Crippen LogP contribution in [0.3, 0.4) is 0 Å². The van der Waals surface area contributed by atoms with Crippen molar-refractivity contribution in [2.45, 2.75) is 45.2 Å². The molecule has 3 aromatic rings. The molecular weight excluding hydrogens is 357 g/mol. The lowest BCUT2D eigenvalue weighted by molar-refractivity contribution is 0.516. The van der Waals surface area contributed by atoms with Crippen molar-refractivity contribution >= 4 is 17.0 Å². The average Bonchev–Trinajstić information content (AvgIpc) is 3.22. The summed E-state index contributed by atoms with van der Waals surface area (Å²) in [5.74, 6) is 0.0391. The molecule has 4 rings (SSSR count). The Labute approximate surface area is 162 Å². The molecule has 0 saturated heterocycles. The smallest absolute Gasteiger partial charge is 0.260 e. The molecule has 3 N–H and O–H groups in total. The zero-order chi connectivity index (χ0) is 19.8. The summed E-state index contributed by atoms with van der Waals surface area (Å²) in [6.07, 6.45) is 3.98. The minimum absolute atomic E-state index is 0.0645. The number of nitrogens with zero attached hydrogens (tertiary/aromatic N) is 3. The van der Waals surface area contributed by atoms with E-state index in [0.717, 1.165) is 42.3 Å². The highest BCUT2D eigenvalue weighted by atomic mass is 19.1. The lowest BCUT2D eigenvalue weighted by Gasteiger charge is -2.19. The monoisotopic (exact) mass is 381 g/mol. The maximum absolute atomic E-state index is 14.7. The molecule has 6 nitrogen and oxygen atoms in total. The lowest BCUT2D eigenvalue weighted by atomic mass is 10.0. The second kappa shape index (κ2) is 7.31. The van der Waals surface area contributed by atoms with Crippen molar-refractivity contribution in [2.24, 2.45) is 5.73 Å². The van der Waals surface area contributed by atoms with Gasteiger partial charge >= 0.3 is 0 Å². The second-order valence-corrected chi connectivity index (χ2v) is 7.31. The number of hydrogen-bond acceptors (Lipinski definition) is 5. The van der Waals surface area contributed by atoms with Crippen LogP contribution in [0.1, 0.15) is 43.0 Å². The van der Waals surface area contributed by atoms with Gasteiger partial charge < -0.3 is 11.1 Å². The molecule has 2 heterocycles. The Morgan fingerprint density at radius 2 is 1.96 bits per heavy atom. The van der Waals surface area contributed by atoms with Crippen molar-refractivity contribution in [3.05, 3.63) is 51.7 Å². The number of aryl methyl sites for hydroxylation is 1. The number of pyridine rings is 1. The van der Waals surface area contributed by atoms with Gasteiger partial charge in [0.05, 0.1) is 11.3 Å². The fourth-order valence-corrected chi connectivity index (χ4v) is 4.06. The van der Waals surface area contributed by atoms with Crippen LogP contribution in [-0.4, -0.2) is 21.6 Å². The first-order valence-corrected chi connectivity index (χ1v) is 9.64. The van der Waals surface area contributed by atoms with Crippen LogP contribution in [0, 0.1) is 12.7 Å². The quantitative estimate of drug-likeness (QED) is 0.722. The van der Waals surface area contributed by atoms with E-state index in [2.05, 4.69) is 15.3 Å². The predicted octanol–water partition coefficient (Wildman–Crippen LogP) is 3.52. The lowest BCUT2D eigenvalue weighted by Crippen LogP contribution is -2.27. The van der Waals surface area contributed by atoms with E-state index >= 15 is 0 Å². The summed E-state index contributed by atoms with van der Waals surface area (Å²) in [5, 5.41) is 3.72. The van der Waals surface area contributed by atoms with Crippen molar-refractivity contribution in [1.82, 2.24) is 14.5 Å². The minimum atomic E-state index is -0.433. The number of anilines is 1. The number of nitrogens with one attached hydrogen (secondary N) is 1. The molecule has 0 radical (unpaired) electrons. The highest BCUT2D eigenvalue weighted by molar-refractivity contribution is 5.84. The van der Waals surface area contributed by atoms with Gasteiger partial charge in [-0.25, -0.2) is 9.37 Å². The molecule has 28 heavy (non-hydrogen) atoms. The largest absolute Gasteiger partial charge is 0.357 e. The predicted molar refractivity (Wildman–Crippen MR) is 109 cm³/mol. The van der Waals surface area contributed by atoms with E-state index in [1.807, 2.05) is 6.92 Å². The van der Waals surface area contributed by atoms with E-state index in [4.69, 9.17) is 5.73 Å². The first kappa shape index (κ1) is 18.6. The standard InChI is InChI=1S/C21H24FN5O/c1-12-15-10-17(16-9-13(11-23)7-8-18(16)22)20(28)27(14-5-3-4-6-14)19(15)26-21(24-2)25-12/h7-10,14H,3-6,11,23H2,1-2H3,(H,24,25,26). The van der Waals surface area contributed by atoms with Crippen molar-refractivity contribution in [3.8, 4) is 11.1 Å². The molecule has 146 valence electrons. The highest BCUT2D eigenvalue weighted by Crippen LogP contribution is 2.33. The van der Waals surface area contributed by atoms with Gasteiger partial charge in [0.15, 0.2) is 0 Å². The van der Waals surface area contributed by atoms with Crippen LogP contribution in [0.25, 0.3) is 22.2 Å². The molecule has 1 saturated carbocycles. The zero-order valence-corrected chi connectivity index (χ0v) is 16.1. The van der Waals surface area contributed by atoms with Crippen LogP contribution in [-0.2, 0) is 6.54 Å². The normalized spacial score (nSPS) is 14.7. The Bertz CT molecular complexity index is 1100. The summed E-state index contributed by atoms with van der Waals surface area (Å²) in [4.78, 5) is 22.6. The Balaban J connectivity index is 2.08. The second-order valence-electron chi connectivity index (χ2n) is 7.31. The van der Waals surface area contributed by atoms with Crippen LogP contribution in [0.4, 0.5) is 10.3 Å². The summed E-state index contributed by atoms with van der Waals surface area (Å²) in [5.41, 5.74) is 8.25. The number of fused-ring (bicyclic) bond motifs is 1. The highest BCUT2D eigenvalue weighted by Gasteiger charge is 2.24. The summed E-state index contributed by atoms with van der Waals surface area (Å²) in [6.45, 7) is 2.16. The third-order valence-electron chi connectivity index (χ3n) is 5.55. The Hall–Kier alpha value is -2.80. The van der Waals surface area contributed by atoms with Gasteiger partial charge in [-0.15, -0.1) is 0 Å². The van der Waals surface area contributed by atoms with Gasteiger partial charge in [0.1, 0.15) is 11.5 Å². The van der Waals surface area contributed by atoms with Gasteiger partial charge in [-0.2, -0.15) is 4.98 Å².